The van der Waals surface area contributed by atoms with Crippen LogP contribution in [0.3, 0.4) is 0 Å². The van der Waals surface area contributed by atoms with E-state index in [1.807, 2.05) is 4.57 Å². The topological polar surface area (TPSA) is 90.6 Å². The van der Waals surface area contributed by atoms with E-state index in [-0.39, 0.29) is 17.6 Å². The molecule has 1 N–H and O–H groups in total. The minimum atomic E-state index is -0.153. The third-order valence-corrected chi connectivity index (χ3v) is 5.64. The highest BCUT2D eigenvalue weighted by molar-refractivity contribution is 5.90. The van der Waals surface area contributed by atoms with Gasteiger partial charge in [-0.3, -0.25) is 4.57 Å². The number of aryl methyl sites for hydroxylation is 1. The van der Waals surface area contributed by atoms with Gasteiger partial charge in [-0.2, -0.15) is 5.10 Å². The van der Waals surface area contributed by atoms with E-state index in [0.29, 0.717) is 36.3 Å². The maximum atomic E-state index is 12.7. The van der Waals surface area contributed by atoms with Crippen molar-refractivity contribution in [3.05, 3.63) is 34.5 Å². The smallest absolute Gasteiger partial charge is 0.345 e. The molecule has 0 unspecified atom stereocenters. The molecule has 0 spiro atoms. The van der Waals surface area contributed by atoms with Gasteiger partial charge < -0.3 is 19.7 Å². The molecule has 1 aliphatic heterocycles. The average Bonchev–Trinajstić information content (AvgIpc) is 3.53. The summed E-state index contributed by atoms with van der Waals surface area (Å²) < 4.78 is 13.8. The number of anilines is 1. The fourth-order valence-corrected chi connectivity index (χ4v) is 3.88. The van der Waals surface area contributed by atoms with Gasteiger partial charge in [-0.15, -0.1) is 0 Å². The molecule has 0 radical (unpaired) electrons. The van der Waals surface area contributed by atoms with E-state index < -0.39 is 0 Å². The molecule has 2 aromatic rings. The molecule has 9 nitrogen and oxygen atoms in total. The molecule has 1 aliphatic carbocycles. The van der Waals surface area contributed by atoms with Crippen LogP contribution in [0, 0.1) is 0 Å². The number of carbonyl (C=O) groups excluding carboxylic acids is 1. The van der Waals surface area contributed by atoms with Gasteiger partial charge in [0, 0.05) is 56.0 Å². The minimum Gasteiger partial charge on any atom is -0.497 e. The van der Waals surface area contributed by atoms with Gasteiger partial charge in [-0.1, -0.05) is 0 Å². The van der Waals surface area contributed by atoms with Crippen molar-refractivity contribution in [2.24, 2.45) is 7.05 Å². The van der Waals surface area contributed by atoms with Gasteiger partial charge in [0.15, 0.2) is 0 Å². The number of nitrogens with one attached hydrogen (secondary N) is 1. The Labute approximate surface area is 169 Å². The lowest BCUT2D eigenvalue weighted by Gasteiger charge is -2.31. The fraction of sp³-hybridized carbons (Fsp3) is 0.550. The Morgan fingerprint density at radius 1 is 1.07 bits per heavy atom. The number of amides is 2. The number of urea groups is 1. The Morgan fingerprint density at radius 2 is 1.69 bits per heavy atom. The zero-order chi connectivity index (χ0) is 20.5. The summed E-state index contributed by atoms with van der Waals surface area (Å²) in [6.45, 7) is 1.24. The zero-order valence-corrected chi connectivity index (χ0v) is 17.1. The third-order valence-electron chi connectivity index (χ3n) is 5.64. The molecule has 9 heteroatoms. The number of likely N-dealkylation sites (tertiary alicyclic amines) is 1. The van der Waals surface area contributed by atoms with Crippen molar-refractivity contribution in [3.8, 4) is 11.5 Å². The first-order valence-corrected chi connectivity index (χ1v) is 9.94. The number of hydrogen-bond acceptors (Lipinski definition) is 5. The van der Waals surface area contributed by atoms with Crippen LogP contribution in [0.4, 0.5) is 10.5 Å². The molecule has 0 atom stereocenters. The monoisotopic (exact) mass is 401 g/mol. The van der Waals surface area contributed by atoms with Gasteiger partial charge in [-0.05, 0) is 25.7 Å². The first kappa shape index (κ1) is 19.4. The minimum absolute atomic E-state index is 0.0327. The maximum absolute atomic E-state index is 12.7. The van der Waals surface area contributed by atoms with Crippen molar-refractivity contribution < 1.29 is 14.3 Å². The predicted octanol–water partition coefficient (Wildman–Crippen LogP) is 2.35. The lowest BCUT2D eigenvalue weighted by Crippen LogP contribution is -2.41. The average molecular weight is 401 g/mol. The van der Waals surface area contributed by atoms with Crippen LogP contribution in [0.1, 0.15) is 43.5 Å². The zero-order valence-electron chi connectivity index (χ0n) is 17.1. The normalized spacial score (nSPS) is 17.3. The second-order valence-electron chi connectivity index (χ2n) is 7.66. The number of nitrogens with zero attached hydrogens (tertiary/aromatic N) is 4. The molecule has 2 amide bonds. The highest BCUT2D eigenvalue weighted by Gasteiger charge is 2.34. The second-order valence-corrected chi connectivity index (χ2v) is 7.66. The van der Waals surface area contributed by atoms with Gasteiger partial charge in [0.05, 0.1) is 14.2 Å². The van der Waals surface area contributed by atoms with E-state index in [1.165, 1.54) is 4.68 Å². The van der Waals surface area contributed by atoms with E-state index in [2.05, 4.69) is 10.4 Å². The first-order chi connectivity index (χ1) is 14.0. The summed E-state index contributed by atoms with van der Waals surface area (Å²) in [5.74, 6) is 2.31. The van der Waals surface area contributed by atoms with Crippen molar-refractivity contribution in [2.75, 3.05) is 32.6 Å². The number of aromatic nitrogens is 3. The molecular formula is C20H27N5O4. The first-order valence-electron chi connectivity index (χ1n) is 9.94. The number of piperidine rings is 1. The molecule has 1 saturated heterocycles. The van der Waals surface area contributed by atoms with Crippen LogP contribution in [-0.2, 0) is 7.05 Å². The molecule has 29 heavy (non-hydrogen) atoms. The van der Waals surface area contributed by atoms with E-state index >= 15 is 0 Å². The van der Waals surface area contributed by atoms with Crippen molar-refractivity contribution in [1.82, 2.24) is 19.2 Å². The summed E-state index contributed by atoms with van der Waals surface area (Å²) in [5.41, 5.74) is 0.593. The van der Waals surface area contributed by atoms with Crippen molar-refractivity contribution in [2.45, 2.75) is 37.6 Å². The Balaban J connectivity index is 1.41. The fourth-order valence-electron chi connectivity index (χ4n) is 3.88. The maximum Gasteiger partial charge on any atom is 0.345 e. The molecule has 4 rings (SSSR count). The Hall–Kier alpha value is -2.97. The standard InChI is InChI=1S/C20H27N5O4/c1-23-20(27)25(15-4-5-15)18(22-23)13-6-8-24(9-7-13)19(26)21-14-10-16(28-2)12-17(11-14)29-3/h10-13,15H,4-9H2,1-3H3,(H,21,26). The van der Waals surface area contributed by atoms with Crippen molar-refractivity contribution in [1.29, 1.82) is 0 Å². The van der Waals surface area contributed by atoms with Crippen LogP contribution in [0.5, 0.6) is 11.5 Å². The quantitative estimate of drug-likeness (QED) is 0.831. The van der Waals surface area contributed by atoms with Crippen LogP contribution < -0.4 is 20.5 Å². The second kappa shape index (κ2) is 7.81. The number of rotatable bonds is 5. The predicted molar refractivity (Wildman–Crippen MR) is 108 cm³/mol. The molecule has 2 fully saturated rings. The highest BCUT2D eigenvalue weighted by Crippen LogP contribution is 2.37. The Kier molecular flexibility index (Phi) is 5.21. The van der Waals surface area contributed by atoms with Crippen LogP contribution >= 0.6 is 0 Å². The van der Waals surface area contributed by atoms with E-state index in [9.17, 15) is 9.59 Å². The highest BCUT2D eigenvalue weighted by atomic mass is 16.5. The van der Waals surface area contributed by atoms with E-state index in [0.717, 1.165) is 31.5 Å². The Bertz CT molecular complexity index is 932. The Morgan fingerprint density at radius 3 is 2.24 bits per heavy atom. The summed E-state index contributed by atoms with van der Waals surface area (Å²) >= 11 is 0. The van der Waals surface area contributed by atoms with E-state index in [1.54, 1.807) is 44.4 Å². The molecule has 1 aromatic heterocycles. The summed E-state index contributed by atoms with van der Waals surface area (Å²) in [6.07, 6.45) is 3.67. The van der Waals surface area contributed by atoms with Gasteiger partial charge >= 0.3 is 11.7 Å². The molecule has 2 aliphatic rings. The molecule has 2 heterocycles. The number of ether oxygens (including phenoxy) is 2. The largest absolute Gasteiger partial charge is 0.497 e. The molecule has 1 aromatic carbocycles. The van der Waals surface area contributed by atoms with Crippen LogP contribution in [0.15, 0.2) is 23.0 Å². The van der Waals surface area contributed by atoms with Crippen molar-refractivity contribution in [3.63, 3.8) is 0 Å². The van der Waals surface area contributed by atoms with Gasteiger partial charge in [0.2, 0.25) is 0 Å². The van der Waals surface area contributed by atoms with E-state index in [4.69, 9.17) is 9.47 Å². The lowest BCUT2D eigenvalue weighted by atomic mass is 9.96. The summed E-state index contributed by atoms with van der Waals surface area (Å²) in [5, 5.41) is 7.41. The number of hydrogen-bond donors (Lipinski definition) is 1. The summed E-state index contributed by atoms with van der Waals surface area (Å²) in [7, 11) is 4.85. The lowest BCUT2D eigenvalue weighted by molar-refractivity contribution is 0.192. The number of methoxy groups -OCH3 is 2. The number of benzene rings is 1. The SMILES string of the molecule is COc1cc(NC(=O)N2CCC(c3nn(C)c(=O)n3C3CC3)CC2)cc(OC)c1. The molecule has 0 bridgehead atoms. The summed E-state index contributed by atoms with van der Waals surface area (Å²) in [4.78, 5) is 26.9. The van der Waals surface area contributed by atoms with Crippen LogP contribution in [-0.4, -0.2) is 52.6 Å². The van der Waals surface area contributed by atoms with Crippen molar-refractivity contribution >= 4 is 11.7 Å². The van der Waals surface area contributed by atoms with Crippen LogP contribution in [0.25, 0.3) is 0 Å². The molecule has 1 saturated carbocycles. The molecule has 156 valence electrons. The van der Waals surface area contributed by atoms with Crippen LogP contribution in [0.2, 0.25) is 0 Å². The molecular weight excluding hydrogens is 374 g/mol. The van der Waals surface area contributed by atoms with Gasteiger partial charge in [-0.25, -0.2) is 14.3 Å². The third kappa shape index (κ3) is 3.94. The van der Waals surface area contributed by atoms with Gasteiger partial charge in [0.1, 0.15) is 17.3 Å². The van der Waals surface area contributed by atoms with Gasteiger partial charge in [0.25, 0.3) is 0 Å². The summed E-state index contributed by atoms with van der Waals surface area (Å²) in [6, 6.07) is 5.42. The number of carbonyl (C=O) groups is 1.